The molecule has 0 saturated carbocycles. The van der Waals surface area contributed by atoms with E-state index in [2.05, 4.69) is 15.3 Å². The number of aliphatic hydroxyl groups is 1. The van der Waals surface area contributed by atoms with Gasteiger partial charge >= 0.3 is 0 Å². The molecule has 9 heteroatoms. The molecule has 2 aromatic heterocycles. The number of rotatable bonds is 8. The molecular weight excluding hydrogens is 520 g/mol. The number of benzene rings is 3. The number of ether oxygens (including phenoxy) is 2. The van der Waals surface area contributed by atoms with Crippen molar-refractivity contribution in [2.45, 2.75) is 45.3 Å². The van der Waals surface area contributed by atoms with Gasteiger partial charge in [0.15, 0.2) is 5.76 Å². The number of nitrogens with zero attached hydrogens (tertiary/aromatic N) is 2. The van der Waals surface area contributed by atoms with Crippen LogP contribution in [0.2, 0.25) is 0 Å². The van der Waals surface area contributed by atoms with Gasteiger partial charge in [-0.15, -0.1) is 0 Å². The fraction of sp³-hybridized carbons (Fsp3) is 0.219. The number of fused-ring (bicyclic) bond motifs is 2. The molecule has 208 valence electrons. The summed E-state index contributed by atoms with van der Waals surface area (Å²) in [4.78, 5) is 33.5. The summed E-state index contributed by atoms with van der Waals surface area (Å²) in [5.74, 6) is 0.0783. The molecule has 5 aromatic rings. The number of allylic oxidation sites excluding steroid dienone is 1. The van der Waals surface area contributed by atoms with E-state index in [0.717, 1.165) is 38.6 Å². The number of hydrogen-bond acceptors (Lipinski definition) is 6. The number of carbonyl (C=O) groups is 2. The highest BCUT2D eigenvalue weighted by Crippen LogP contribution is 2.36. The Bertz CT molecular complexity index is 1720. The Hall–Kier alpha value is -4.73. The fourth-order valence-corrected chi connectivity index (χ4v) is 5.17. The number of carbonyl (C=O) groups excluding carboxylic acids is 2. The van der Waals surface area contributed by atoms with E-state index in [9.17, 15) is 14.7 Å². The monoisotopic (exact) mass is 550 g/mol. The van der Waals surface area contributed by atoms with Gasteiger partial charge in [-0.25, -0.2) is 4.98 Å². The molecule has 0 saturated heterocycles. The van der Waals surface area contributed by atoms with Crippen LogP contribution in [0.4, 0.5) is 0 Å². The molecule has 0 bridgehead atoms. The molecule has 1 amide bonds. The van der Waals surface area contributed by atoms with Gasteiger partial charge in [-0.3, -0.25) is 14.2 Å². The average Bonchev–Trinajstić information content (AvgIpc) is 3.61. The van der Waals surface area contributed by atoms with Crippen molar-refractivity contribution in [3.8, 4) is 0 Å². The Labute approximate surface area is 236 Å². The van der Waals surface area contributed by atoms with Gasteiger partial charge in [-0.05, 0) is 41.0 Å². The number of para-hydroxylation sites is 3. The molecule has 1 aliphatic rings. The van der Waals surface area contributed by atoms with Gasteiger partial charge in [-0.2, -0.15) is 0 Å². The number of hydrogen-bond donors (Lipinski definition) is 3. The number of amides is 1. The number of H-pyrrole nitrogens is 1. The van der Waals surface area contributed by atoms with Crippen molar-refractivity contribution in [2.75, 3.05) is 0 Å². The van der Waals surface area contributed by atoms with Crippen LogP contribution in [-0.4, -0.2) is 37.7 Å². The molecule has 41 heavy (non-hydrogen) atoms. The van der Waals surface area contributed by atoms with E-state index in [1.807, 2.05) is 79.0 Å². The van der Waals surface area contributed by atoms with E-state index in [4.69, 9.17) is 9.47 Å². The third-order valence-corrected chi connectivity index (χ3v) is 7.26. The molecule has 9 nitrogen and oxygen atoms in total. The largest absolute Gasteiger partial charge is 0.459 e. The van der Waals surface area contributed by atoms with Crippen molar-refractivity contribution in [1.82, 2.24) is 19.9 Å². The number of aliphatic hydroxyl groups excluding tert-OH is 1. The lowest BCUT2D eigenvalue weighted by molar-refractivity contribution is -0.150. The minimum absolute atomic E-state index is 0.0281. The number of aromatic nitrogens is 3. The molecule has 3 heterocycles. The summed E-state index contributed by atoms with van der Waals surface area (Å²) in [5.41, 5.74) is 5.19. The lowest BCUT2D eigenvalue weighted by Crippen LogP contribution is -2.32. The Morgan fingerprint density at radius 1 is 1.07 bits per heavy atom. The first-order valence-corrected chi connectivity index (χ1v) is 13.5. The maximum atomic E-state index is 13.3. The van der Waals surface area contributed by atoms with Crippen molar-refractivity contribution in [2.24, 2.45) is 0 Å². The zero-order chi connectivity index (χ0) is 28.3. The minimum Gasteiger partial charge on any atom is -0.459 e. The maximum Gasteiger partial charge on any atom is 0.286 e. The van der Waals surface area contributed by atoms with Crippen molar-refractivity contribution in [3.63, 3.8) is 0 Å². The van der Waals surface area contributed by atoms with Crippen molar-refractivity contribution < 1.29 is 24.2 Å². The van der Waals surface area contributed by atoms with E-state index < -0.39 is 6.29 Å². The van der Waals surface area contributed by atoms with Crippen LogP contribution in [0.1, 0.15) is 46.6 Å². The second-order valence-corrected chi connectivity index (χ2v) is 10.1. The molecule has 2 atom stereocenters. The van der Waals surface area contributed by atoms with Crippen LogP contribution in [0.15, 0.2) is 90.8 Å². The van der Waals surface area contributed by atoms with Crippen molar-refractivity contribution in [1.29, 1.82) is 0 Å². The molecule has 3 N–H and O–H groups in total. The quantitative estimate of drug-likeness (QED) is 0.253. The smallest absolute Gasteiger partial charge is 0.286 e. The third-order valence-electron chi connectivity index (χ3n) is 7.26. The van der Waals surface area contributed by atoms with E-state index in [1.165, 1.54) is 6.92 Å². The first kappa shape index (κ1) is 26.5. The lowest BCUT2D eigenvalue weighted by Gasteiger charge is -2.29. The summed E-state index contributed by atoms with van der Waals surface area (Å²) in [6.07, 6.45) is 3.40. The summed E-state index contributed by atoms with van der Waals surface area (Å²) >= 11 is 0. The SMILES string of the molecule is CC(=O)n1cc(C2C=C(C(=O)NCc3nc4ccccc4[nH]3)OC(OCc3ccc(CO)cc3)C2)c2ccccc21. The zero-order valence-electron chi connectivity index (χ0n) is 22.5. The summed E-state index contributed by atoms with van der Waals surface area (Å²) in [5, 5.41) is 13.2. The van der Waals surface area contributed by atoms with Gasteiger partial charge in [0.2, 0.25) is 12.2 Å². The zero-order valence-corrected chi connectivity index (χ0v) is 22.5. The van der Waals surface area contributed by atoms with Gasteiger partial charge < -0.3 is 24.9 Å². The first-order chi connectivity index (χ1) is 20.0. The predicted octanol–water partition coefficient (Wildman–Crippen LogP) is 4.92. The van der Waals surface area contributed by atoms with Gasteiger partial charge in [-0.1, -0.05) is 54.6 Å². The number of imidazole rings is 1. The molecular formula is C32H30N4O5. The van der Waals surface area contributed by atoms with E-state index >= 15 is 0 Å². The Morgan fingerprint density at radius 2 is 1.83 bits per heavy atom. The Morgan fingerprint density at radius 3 is 2.61 bits per heavy atom. The highest BCUT2D eigenvalue weighted by atomic mass is 16.7. The van der Waals surface area contributed by atoms with Crippen molar-refractivity contribution >= 4 is 33.8 Å². The van der Waals surface area contributed by atoms with Crippen LogP contribution < -0.4 is 5.32 Å². The van der Waals surface area contributed by atoms with Crippen LogP contribution in [0.3, 0.4) is 0 Å². The summed E-state index contributed by atoms with van der Waals surface area (Å²) < 4.78 is 13.8. The van der Waals surface area contributed by atoms with Gasteiger partial charge in [0.05, 0.1) is 36.3 Å². The molecule has 2 unspecified atom stereocenters. The third kappa shape index (κ3) is 5.63. The summed E-state index contributed by atoms with van der Waals surface area (Å²) in [6.45, 7) is 1.97. The maximum absolute atomic E-state index is 13.3. The van der Waals surface area contributed by atoms with Gasteiger partial charge in [0, 0.05) is 30.8 Å². The molecule has 0 aliphatic carbocycles. The average molecular weight is 551 g/mol. The number of aromatic amines is 1. The highest BCUT2D eigenvalue weighted by Gasteiger charge is 2.31. The molecule has 0 spiro atoms. The van der Waals surface area contributed by atoms with Crippen LogP contribution >= 0.6 is 0 Å². The molecule has 6 rings (SSSR count). The van der Waals surface area contributed by atoms with Crippen LogP contribution in [0, 0.1) is 0 Å². The van der Waals surface area contributed by atoms with Crippen LogP contribution in [0.25, 0.3) is 21.9 Å². The standard InChI is InChI=1S/C32H30N4O5/c1-20(38)36-17-25(24-6-2-5-9-28(24)36)23-14-29(32(39)33-16-30-34-26-7-3-4-8-27(26)35-30)41-31(15-23)40-19-22-12-10-21(18-37)11-13-22/h2-14,17,23,31,37H,15-16,18-19H2,1H3,(H,33,39)(H,34,35). The van der Waals surface area contributed by atoms with Crippen LogP contribution in [0.5, 0.6) is 0 Å². The van der Waals surface area contributed by atoms with Gasteiger partial charge in [0.1, 0.15) is 5.82 Å². The Balaban J connectivity index is 1.26. The number of nitrogens with one attached hydrogen (secondary N) is 2. The second kappa shape index (κ2) is 11.4. The molecule has 0 radical (unpaired) electrons. The normalized spacial score (nSPS) is 16.9. The molecule has 3 aromatic carbocycles. The summed E-state index contributed by atoms with van der Waals surface area (Å²) in [6, 6.07) is 22.9. The lowest BCUT2D eigenvalue weighted by atomic mass is 9.92. The van der Waals surface area contributed by atoms with E-state index in [1.54, 1.807) is 10.6 Å². The minimum atomic E-state index is -0.700. The molecule has 0 fully saturated rings. The Kier molecular flexibility index (Phi) is 7.37. The highest BCUT2D eigenvalue weighted by molar-refractivity contribution is 5.95. The van der Waals surface area contributed by atoms with Crippen molar-refractivity contribution in [3.05, 3.63) is 113 Å². The fourth-order valence-electron chi connectivity index (χ4n) is 5.17. The van der Waals surface area contributed by atoms with Crippen LogP contribution in [-0.2, 0) is 34.0 Å². The predicted molar refractivity (Wildman–Crippen MR) is 154 cm³/mol. The first-order valence-electron chi connectivity index (χ1n) is 13.5. The van der Waals surface area contributed by atoms with E-state index in [0.29, 0.717) is 12.2 Å². The summed E-state index contributed by atoms with van der Waals surface area (Å²) in [7, 11) is 0. The topological polar surface area (TPSA) is 118 Å². The van der Waals surface area contributed by atoms with E-state index in [-0.39, 0.29) is 43.2 Å². The second-order valence-electron chi connectivity index (χ2n) is 10.1. The van der Waals surface area contributed by atoms with Gasteiger partial charge in [0.25, 0.3) is 5.91 Å². The molecule has 1 aliphatic heterocycles.